The lowest BCUT2D eigenvalue weighted by Gasteiger charge is -2.07. The summed E-state index contributed by atoms with van der Waals surface area (Å²) in [7, 11) is 0. The van der Waals surface area contributed by atoms with Gasteiger partial charge in [0, 0.05) is 4.90 Å². The molecule has 1 aromatic rings. The Hall–Kier alpha value is -2.04. The number of amides is 1. The van der Waals surface area contributed by atoms with Crippen molar-refractivity contribution in [3.05, 3.63) is 29.8 Å². The third kappa shape index (κ3) is 4.45. The molecule has 0 aliphatic carbocycles. The van der Waals surface area contributed by atoms with Gasteiger partial charge in [-0.25, -0.2) is 10.3 Å². The van der Waals surface area contributed by atoms with Crippen molar-refractivity contribution >= 4 is 23.6 Å². The summed E-state index contributed by atoms with van der Waals surface area (Å²) in [5.74, 6) is -1.50. The van der Waals surface area contributed by atoms with Crippen LogP contribution in [0.4, 0.5) is 0 Å². The Morgan fingerprint density at radius 3 is 2.83 bits per heavy atom. The number of nitriles is 1. The van der Waals surface area contributed by atoms with E-state index in [4.69, 9.17) is 10.4 Å². The summed E-state index contributed by atoms with van der Waals surface area (Å²) in [6.45, 7) is -0.612. The van der Waals surface area contributed by atoms with Gasteiger partial charge in [0.15, 0.2) is 6.61 Å². The largest absolute Gasteiger partial charge is 0.479 e. The maximum Gasteiger partial charge on any atom is 0.332 e. The van der Waals surface area contributed by atoms with Crippen molar-refractivity contribution in [2.45, 2.75) is 4.90 Å². The van der Waals surface area contributed by atoms with Gasteiger partial charge in [-0.2, -0.15) is 5.26 Å². The fourth-order valence-corrected chi connectivity index (χ4v) is 1.82. The molecule has 1 rings (SSSR count). The van der Waals surface area contributed by atoms with Gasteiger partial charge >= 0.3 is 5.97 Å². The highest BCUT2D eigenvalue weighted by Crippen LogP contribution is 2.21. The molecule has 0 saturated carbocycles. The minimum atomic E-state index is -1.18. The molecule has 6 nitrogen and oxygen atoms in total. The summed E-state index contributed by atoms with van der Waals surface area (Å²) in [4.78, 5) is 27.0. The standard InChI is InChI=1S/C11H10N2O4S/c12-5-6-18-9-4-2-1-3-8(9)11(16)13-17-7-10(14)15/h1-4H,6-7H2,(H,13,16)(H,14,15). The van der Waals surface area contributed by atoms with Crippen molar-refractivity contribution in [1.82, 2.24) is 5.48 Å². The molecule has 0 saturated heterocycles. The van der Waals surface area contributed by atoms with Gasteiger partial charge in [0.25, 0.3) is 5.91 Å². The summed E-state index contributed by atoms with van der Waals surface area (Å²) in [6, 6.07) is 8.65. The lowest BCUT2D eigenvalue weighted by molar-refractivity contribution is -0.144. The number of benzene rings is 1. The topological polar surface area (TPSA) is 99.4 Å². The van der Waals surface area contributed by atoms with E-state index in [9.17, 15) is 9.59 Å². The number of hydrogen-bond acceptors (Lipinski definition) is 5. The van der Waals surface area contributed by atoms with Gasteiger partial charge in [-0.05, 0) is 12.1 Å². The molecule has 0 heterocycles. The molecule has 18 heavy (non-hydrogen) atoms. The molecule has 2 N–H and O–H groups in total. The van der Waals surface area contributed by atoms with Crippen LogP contribution in [0, 0.1) is 11.3 Å². The van der Waals surface area contributed by atoms with Gasteiger partial charge in [-0.1, -0.05) is 12.1 Å². The van der Waals surface area contributed by atoms with Crippen molar-refractivity contribution in [1.29, 1.82) is 5.26 Å². The fraction of sp³-hybridized carbons (Fsp3) is 0.182. The second-order valence-electron chi connectivity index (χ2n) is 3.06. The molecular weight excluding hydrogens is 256 g/mol. The average Bonchev–Trinajstić information content (AvgIpc) is 2.36. The average molecular weight is 266 g/mol. The monoisotopic (exact) mass is 266 g/mol. The molecule has 0 aliphatic rings. The molecule has 1 amide bonds. The quantitative estimate of drug-likeness (QED) is 0.589. The van der Waals surface area contributed by atoms with E-state index < -0.39 is 18.5 Å². The second kappa shape index (κ2) is 7.32. The smallest absolute Gasteiger partial charge is 0.332 e. The number of hydrogen-bond donors (Lipinski definition) is 2. The summed E-state index contributed by atoms with van der Waals surface area (Å²) in [5.41, 5.74) is 2.37. The predicted octanol–water partition coefficient (Wildman–Crippen LogP) is 1.05. The first-order chi connectivity index (χ1) is 8.65. The number of carboxylic acids is 1. The summed E-state index contributed by atoms with van der Waals surface area (Å²) in [5, 5.41) is 16.8. The maximum atomic E-state index is 11.7. The third-order valence-corrected chi connectivity index (χ3v) is 2.72. The van der Waals surface area contributed by atoms with Crippen molar-refractivity contribution < 1.29 is 19.5 Å². The summed E-state index contributed by atoms with van der Waals surface area (Å²) in [6.07, 6.45) is 0. The Balaban J connectivity index is 2.66. The number of rotatable bonds is 6. The minimum Gasteiger partial charge on any atom is -0.479 e. The number of hydroxylamine groups is 1. The van der Waals surface area contributed by atoms with Gasteiger partial charge < -0.3 is 5.11 Å². The first-order valence-electron chi connectivity index (χ1n) is 4.88. The van der Waals surface area contributed by atoms with Crippen molar-refractivity contribution in [3.63, 3.8) is 0 Å². The summed E-state index contributed by atoms with van der Waals surface area (Å²) < 4.78 is 0. The van der Waals surface area contributed by atoms with E-state index in [0.717, 1.165) is 0 Å². The number of carbonyl (C=O) groups excluding carboxylic acids is 1. The summed E-state index contributed by atoms with van der Waals surface area (Å²) >= 11 is 1.22. The fourth-order valence-electron chi connectivity index (χ4n) is 1.11. The van der Waals surface area contributed by atoms with Crippen LogP contribution in [0.5, 0.6) is 0 Å². The molecule has 0 aromatic heterocycles. The highest BCUT2D eigenvalue weighted by molar-refractivity contribution is 7.99. The van der Waals surface area contributed by atoms with Gasteiger partial charge in [0.1, 0.15) is 0 Å². The van der Waals surface area contributed by atoms with Crippen molar-refractivity contribution in [3.8, 4) is 6.07 Å². The zero-order chi connectivity index (χ0) is 13.4. The number of carbonyl (C=O) groups is 2. The van der Waals surface area contributed by atoms with E-state index in [2.05, 4.69) is 4.84 Å². The molecule has 94 valence electrons. The van der Waals surface area contributed by atoms with E-state index in [0.29, 0.717) is 10.5 Å². The molecule has 7 heteroatoms. The van der Waals surface area contributed by atoms with Crippen LogP contribution in [0.2, 0.25) is 0 Å². The predicted molar refractivity (Wildman–Crippen MR) is 63.8 cm³/mol. The molecule has 0 bridgehead atoms. The molecular formula is C11H10N2O4S. The van der Waals surface area contributed by atoms with Gasteiger partial charge in [0.2, 0.25) is 0 Å². The Morgan fingerprint density at radius 1 is 1.44 bits per heavy atom. The lowest BCUT2D eigenvalue weighted by Crippen LogP contribution is -2.27. The molecule has 0 unspecified atom stereocenters. The van der Waals surface area contributed by atoms with E-state index in [1.165, 1.54) is 11.8 Å². The molecule has 0 fully saturated rings. The van der Waals surface area contributed by atoms with Crippen molar-refractivity contribution in [2.75, 3.05) is 12.4 Å². The zero-order valence-electron chi connectivity index (χ0n) is 9.25. The lowest BCUT2D eigenvalue weighted by atomic mass is 10.2. The Bertz CT molecular complexity index is 484. The van der Waals surface area contributed by atoms with Gasteiger partial charge in [0.05, 0.1) is 17.4 Å². The maximum absolute atomic E-state index is 11.7. The Labute approximate surface area is 108 Å². The second-order valence-corrected chi connectivity index (χ2v) is 4.07. The van der Waals surface area contributed by atoms with Gasteiger partial charge in [-0.15, -0.1) is 11.8 Å². The van der Waals surface area contributed by atoms with Crippen LogP contribution >= 0.6 is 11.8 Å². The molecule has 0 radical (unpaired) electrons. The molecule has 1 aromatic carbocycles. The number of aliphatic carboxylic acids is 1. The van der Waals surface area contributed by atoms with Crippen LogP contribution in [0.3, 0.4) is 0 Å². The van der Waals surface area contributed by atoms with E-state index >= 15 is 0 Å². The Kier molecular flexibility index (Phi) is 5.70. The Morgan fingerprint density at radius 2 is 2.17 bits per heavy atom. The highest BCUT2D eigenvalue weighted by Gasteiger charge is 2.11. The van der Waals surface area contributed by atoms with E-state index in [-0.39, 0.29) is 5.75 Å². The van der Waals surface area contributed by atoms with Crippen molar-refractivity contribution in [2.24, 2.45) is 0 Å². The number of thioether (sulfide) groups is 1. The number of nitrogens with zero attached hydrogens (tertiary/aromatic N) is 1. The first-order valence-corrected chi connectivity index (χ1v) is 5.86. The zero-order valence-corrected chi connectivity index (χ0v) is 10.1. The van der Waals surface area contributed by atoms with Gasteiger partial charge in [-0.3, -0.25) is 9.63 Å². The SMILES string of the molecule is N#CCSc1ccccc1C(=O)NOCC(=O)O. The van der Waals surface area contributed by atoms with Crippen LogP contribution in [-0.4, -0.2) is 29.3 Å². The highest BCUT2D eigenvalue weighted by atomic mass is 32.2. The van der Waals surface area contributed by atoms with Crippen LogP contribution in [0.25, 0.3) is 0 Å². The third-order valence-electron chi connectivity index (χ3n) is 1.78. The van der Waals surface area contributed by atoms with E-state index in [1.807, 2.05) is 11.5 Å². The number of nitrogens with one attached hydrogen (secondary N) is 1. The van der Waals surface area contributed by atoms with E-state index in [1.54, 1.807) is 24.3 Å². The minimum absolute atomic E-state index is 0.222. The molecule has 0 aliphatic heterocycles. The normalized spacial score (nSPS) is 9.50. The van der Waals surface area contributed by atoms with Crippen LogP contribution in [0.15, 0.2) is 29.2 Å². The molecule has 0 atom stereocenters. The first kappa shape index (κ1) is 14.0. The molecule has 0 spiro atoms. The number of carboxylic acid groups (broad SMARTS) is 1. The van der Waals surface area contributed by atoms with Crippen LogP contribution in [-0.2, 0) is 9.63 Å². The van der Waals surface area contributed by atoms with Crippen LogP contribution < -0.4 is 5.48 Å². The van der Waals surface area contributed by atoms with Crippen LogP contribution in [0.1, 0.15) is 10.4 Å².